The summed E-state index contributed by atoms with van der Waals surface area (Å²) >= 11 is 0. The smallest absolute Gasteiger partial charge is 0.171 e. The van der Waals surface area contributed by atoms with Crippen molar-refractivity contribution in [2.24, 2.45) is 0 Å². The lowest BCUT2D eigenvalue weighted by Crippen LogP contribution is -2.35. The van der Waals surface area contributed by atoms with Crippen molar-refractivity contribution in [1.82, 2.24) is 24.3 Å². The molecule has 2 heterocycles. The first-order chi connectivity index (χ1) is 11.7. The first-order valence-electron chi connectivity index (χ1n) is 8.53. The molecule has 7 heteroatoms. The first-order valence-corrected chi connectivity index (χ1v) is 9.68. The second kappa shape index (κ2) is 6.46. The maximum absolute atomic E-state index is 12.5. The highest BCUT2D eigenvalue weighted by Gasteiger charge is 2.23. The van der Waals surface area contributed by atoms with Gasteiger partial charge in [0.25, 0.3) is 0 Å². The lowest BCUT2D eigenvalue weighted by Gasteiger charge is -2.23. The van der Waals surface area contributed by atoms with Gasteiger partial charge in [0.05, 0.1) is 21.2 Å². The van der Waals surface area contributed by atoms with E-state index in [1.165, 1.54) is 0 Å². The monoisotopic (exact) mass is 359 g/mol. The van der Waals surface area contributed by atoms with Gasteiger partial charge in [-0.2, -0.15) is 0 Å². The Balaban J connectivity index is 2.19. The van der Waals surface area contributed by atoms with Gasteiger partial charge in [0, 0.05) is 17.8 Å². The number of hydrogen-bond donors (Lipinski definition) is 1. The molecular weight excluding hydrogens is 334 g/mol. The Morgan fingerprint density at radius 2 is 2.04 bits per heavy atom. The average Bonchev–Trinajstić information content (AvgIpc) is 3.02. The van der Waals surface area contributed by atoms with E-state index in [1.54, 1.807) is 6.33 Å². The number of benzene rings is 1. The molecule has 1 N–H and O–H groups in total. The lowest BCUT2D eigenvalue weighted by molar-refractivity contribution is 0.617. The second-order valence-corrected chi connectivity index (χ2v) is 9.37. The number of aryl methyl sites for hydroxylation is 2. The third-order valence-corrected chi connectivity index (χ3v) is 5.89. The van der Waals surface area contributed by atoms with E-state index in [0.717, 1.165) is 39.9 Å². The third-order valence-electron chi connectivity index (χ3n) is 4.21. The van der Waals surface area contributed by atoms with Gasteiger partial charge in [-0.25, -0.2) is 13.9 Å². The summed E-state index contributed by atoms with van der Waals surface area (Å²) in [5.41, 5.74) is 3.87. The Morgan fingerprint density at radius 3 is 2.68 bits per heavy atom. The van der Waals surface area contributed by atoms with E-state index >= 15 is 0 Å². The fraction of sp³-hybridized carbons (Fsp3) is 0.500. The molecule has 0 aliphatic rings. The summed E-state index contributed by atoms with van der Waals surface area (Å²) in [6.07, 6.45) is 2.49. The highest BCUT2D eigenvalue weighted by Crippen LogP contribution is 2.28. The largest absolute Gasteiger partial charge is 0.269 e. The Labute approximate surface area is 150 Å². The Hall–Kier alpha value is -1.86. The van der Waals surface area contributed by atoms with Gasteiger partial charge in [-0.05, 0) is 51.8 Å². The molecular formula is C18H25N5OS. The average molecular weight is 359 g/mol. The van der Waals surface area contributed by atoms with Gasteiger partial charge in [0.1, 0.15) is 12.2 Å². The summed E-state index contributed by atoms with van der Waals surface area (Å²) in [7, 11) is -1.15. The Bertz CT molecular complexity index is 957. The molecule has 134 valence electrons. The number of nitrogens with zero attached hydrogens (tertiary/aromatic N) is 4. The van der Waals surface area contributed by atoms with Crippen LogP contribution in [0.15, 0.2) is 18.5 Å². The zero-order chi connectivity index (χ0) is 18.4. The molecule has 0 amide bonds. The third kappa shape index (κ3) is 3.30. The summed E-state index contributed by atoms with van der Waals surface area (Å²) in [5.74, 6) is 0.918. The summed E-state index contributed by atoms with van der Waals surface area (Å²) in [4.78, 5) is 4.87. The molecule has 3 aromatic rings. The highest BCUT2D eigenvalue weighted by atomic mass is 32.2. The van der Waals surface area contributed by atoms with Crippen LogP contribution in [0.2, 0.25) is 0 Å². The molecule has 0 aliphatic heterocycles. The molecule has 6 nitrogen and oxygen atoms in total. The highest BCUT2D eigenvalue weighted by molar-refractivity contribution is 7.84. The van der Waals surface area contributed by atoms with Gasteiger partial charge < -0.3 is 0 Å². The normalized spacial score (nSPS) is 15.0. The van der Waals surface area contributed by atoms with E-state index in [0.29, 0.717) is 0 Å². The van der Waals surface area contributed by atoms with Crippen molar-refractivity contribution in [1.29, 1.82) is 0 Å². The molecule has 3 rings (SSSR count). The molecule has 2 atom stereocenters. The van der Waals surface area contributed by atoms with Crippen LogP contribution in [0.25, 0.3) is 16.6 Å². The van der Waals surface area contributed by atoms with Crippen LogP contribution in [-0.2, 0) is 17.4 Å². The summed E-state index contributed by atoms with van der Waals surface area (Å²) in [5, 5.41) is 9.32. The first kappa shape index (κ1) is 17.9. The number of hydrogen-bond acceptors (Lipinski definition) is 4. The maximum atomic E-state index is 12.5. The van der Waals surface area contributed by atoms with E-state index < -0.39 is 11.0 Å². The predicted octanol–water partition coefficient (Wildman–Crippen LogP) is 3.26. The van der Waals surface area contributed by atoms with Crippen molar-refractivity contribution >= 4 is 27.5 Å². The molecule has 0 saturated heterocycles. The van der Waals surface area contributed by atoms with E-state index in [2.05, 4.69) is 40.9 Å². The number of aromatic nitrogens is 4. The standard InChI is InChI=1S/C18H25N5OS/c1-7-15-20-16-13(12(3)22-25(24)18(4,5)6)8-11(2)9-14(16)17-21-19-10-23(15)17/h8-10,12,22H,7H2,1-6H3/t12?,25-/m1/s1. The van der Waals surface area contributed by atoms with Crippen molar-refractivity contribution in [2.45, 2.75) is 58.8 Å². The minimum Gasteiger partial charge on any atom is -0.269 e. The van der Waals surface area contributed by atoms with Gasteiger partial charge in [0.15, 0.2) is 5.65 Å². The van der Waals surface area contributed by atoms with E-state index in [-0.39, 0.29) is 10.8 Å². The van der Waals surface area contributed by atoms with Crippen molar-refractivity contribution in [3.63, 3.8) is 0 Å². The molecule has 0 fully saturated rings. The number of rotatable bonds is 4. The van der Waals surface area contributed by atoms with Crippen molar-refractivity contribution < 1.29 is 4.21 Å². The van der Waals surface area contributed by atoms with Crippen molar-refractivity contribution in [2.75, 3.05) is 0 Å². The molecule has 25 heavy (non-hydrogen) atoms. The Morgan fingerprint density at radius 1 is 1.32 bits per heavy atom. The molecule has 2 aromatic heterocycles. The summed E-state index contributed by atoms with van der Waals surface area (Å²) in [6.45, 7) is 12.0. The molecule has 0 spiro atoms. The van der Waals surface area contributed by atoms with Crippen molar-refractivity contribution in [3.05, 3.63) is 35.4 Å². The Kier molecular flexibility index (Phi) is 4.64. The topological polar surface area (TPSA) is 72.2 Å². The van der Waals surface area contributed by atoms with Gasteiger partial charge in [-0.15, -0.1) is 10.2 Å². The number of nitrogens with one attached hydrogen (secondary N) is 1. The quantitative estimate of drug-likeness (QED) is 0.776. The van der Waals surface area contributed by atoms with Gasteiger partial charge in [-0.3, -0.25) is 4.40 Å². The minimum absolute atomic E-state index is 0.0926. The van der Waals surface area contributed by atoms with Crippen LogP contribution in [0.1, 0.15) is 57.6 Å². The summed E-state index contributed by atoms with van der Waals surface area (Å²) in [6, 6.07) is 4.10. The zero-order valence-corrected chi connectivity index (χ0v) is 16.4. The van der Waals surface area contributed by atoms with Crippen LogP contribution in [0.5, 0.6) is 0 Å². The molecule has 1 aromatic carbocycles. The molecule has 0 radical (unpaired) electrons. The molecule has 1 unspecified atom stereocenters. The van der Waals surface area contributed by atoms with Crippen LogP contribution in [0, 0.1) is 6.92 Å². The SMILES string of the molecule is CCc1nc2c(C(C)N[S@](=O)C(C)(C)C)cc(C)cc2c2nncn12. The van der Waals surface area contributed by atoms with Crippen LogP contribution in [-0.4, -0.2) is 28.5 Å². The van der Waals surface area contributed by atoms with Crippen molar-refractivity contribution in [3.8, 4) is 0 Å². The molecule has 0 bridgehead atoms. The molecule has 0 saturated carbocycles. The van der Waals surface area contributed by atoms with E-state index in [4.69, 9.17) is 4.98 Å². The van der Waals surface area contributed by atoms with Crippen LogP contribution in [0.4, 0.5) is 0 Å². The van der Waals surface area contributed by atoms with E-state index in [9.17, 15) is 4.21 Å². The van der Waals surface area contributed by atoms with Gasteiger partial charge >= 0.3 is 0 Å². The second-order valence-electron chi connectivity index (χ2n) is 7.38. The fourth-order valence-corrected chi connectivity index (χ4v) is 3.67. The van der Waals surface area contributed by atoms with Crippen LogP contribution in [0.3, 0.4) is 0 Å². The van der Waals surface area contributed by atoms with Gasteiger partial charge in [0.2, 0.25) is 0 Å². The van der Waals surface area contributed by atoms with Crippen LogP contribution < -0.4 is 4.72 Å². The number of fused-ring (bicyclic) bond motifs is 3. The van der Waals surface area contributed by atoms with Gasteiger partial charge in [-0.1, -0.05) is 13.0 Å². The molecule has 0 aliphatic carbocycles. The lowest BCUT2D eigenvalue weighted by atomic mass is 10.0. The maximum Gasteiger partial charge on any atom is 0.171 e. The van der Waals surface area contributed by atoms with E-state index in [1.807, 2.05) is 32.1 Å². The summed E-state index contributed by atoms with van der Waals surface area (Å²) < 4.78 is 17.4. The van der Waals surface area contributed by atoms with Crippen LogP contribution >= 0.6 is 0 Å². The fourth-order valence-electron chi connectivity index (χ4n) is 2.87. The zero-order valence-electron chi connectivity index (χ0n) is 15.6. The predicted molar refractivity (Wildman–Crippen MR) is 102 cm³/mol. The minimum atomic E-state index is -1.15.